The lowest BCUT2D eigenvalue weighted by Crippen LogP contribution is -2.18. The summed E-state index contributed by atoms with van der Waals surface area (Å²) in [6, 6.07) is 16.6. The van der Waals surface area contributed by atoms with E-state index in [4.69, 9.17) is 10.5 Å². The Kier molecular flexibility index (Phi) is 4.58. The number of aryl methyl sites for hydroxylation is 1. The largest absolute Gasteiger partial charge is 0.489 e. The predicted octanol–water partition coefficient (Wildman–Crippen LogP) is 3.46. The van der Waals surface area contributed by atoms with E-state index in [-0.39, 0.29) is 6.04 Å². The first kappa shape index (κ1) is 13.6. The number of hydrogen-bond donors (Lipinski definition) is 1. The highest BCUT2D eigenvalue weighted by Gasteiger charge is 2.05. The summed E-state index contributed by atoms with van der Waals surface area (Å²) in [5, 5.41) is 0. The quantitative estimate of drug-likeness (QED) is 0.888. The molecule has 0 saturated carbocycles. The second kappa shape index (κ2) is 6.39. The van der Waals surface area contributed by atoms with E-state index in [0.717, 1.165) is 12.2 Å². The SMILES string of the molecule is Cc1cccc(COc2ccccc2CC(C)N)c1. The van der Waals surface area contributed by atoms with Crippen molar-refractivity contribution in [1.29, 1.82) is 0 Å². The molecule has 2 rings (SSSR count). The van der Waals surface area contributed by atoms with Crippen molar-refractivity contribution < 1.29 is 4.74 Å². The fourth-order valence-electron chi connectivity index (χ4n) is 2.12. The third kappa shape index (κ3) is 4.11. The van der Waals surface area contributed by atoms with E-state index in [1.807, 2.05) is 25.1 Å². The zero-order chi connectivity index (χ0) is 13.7. The van der Waals surface area contributed by atoms with Crippen molar-refractivity contribution in [2.45, 2.75) is 32.9 Å². The summed E-state index contributed by atoms with van der Waals surface area (Å²) in [5.74, 6) is 0.932. The Morgan fingerprint density at radius 1 is 1.11 bits per heavy atom. The van der Waals surface area contributed by atoms with Gasteiger partial charge in [0.25, 0.3) is 0 Å². The molecule has 19 heavy (non-hydrogen) atoms. The molecule has 0 spiro atoms. The van der Waals surface area contributed by atoms with Crippen molar-refractivity contribution in [3.05, 3.63) is 65.2 Å². The fourth-order valence-corrected chi connectivity index (χ4v) is 2.12. The van der Waals surface area contributed by atoms with Crippen LogP contribution in [-0.2, 0) is 13.0 Å². The van der Waals surface area contributed by atoms with Crippen molar-refractivity contribution in [3.63, 3.8) is 0 Å². The number of ether oxygens (including phenoxy) is 1. The molecule has 0 aromatic heterocycles. The molecule has 2 N–H and O–H groups in total. The topological polar surface area (TPSA) is 35.2 Å². The van der Waals surface area contributed by atoms with Crippen molar-refractivity contribution in [2.75, 3.05) is 0 Å². The van der Waals surface area contributed by atoms with Gasteiger partial charge in [0.2, 0.25) is 0 Å². The van der Waals surface area contributed by atoms with Crippen LogP contribution in [0.15, 0.2) is 48.5 Å². The maximum Gasteiger partial charge on any atom is 0.123 e. The van der Waals surface area contributed by atoms with Gasteiger partial charge < -0.3 is 10.5 Å². The van der Waals surface area contributed by atoms with E-state index in [1.54, 1.807) is 0 Å². The molecule has 2 aromatic carbocycles. The third-order valence-electron chi connectivity index (χ3n) is 2.99. The molecule has 0 saturated heterocycles. The summed E-state index contributed by atoms with van der Waals surface area (Å²) in [6.45, 7) is 4.70. The Labute approximate surface area is 115 Å². The Hall–Kier alpha value is -1.80. The van der Waals surface area contributed by atoms with Gasteiger partial charge in [0.05, 0.1) is 0 Å². The molecule has 1 atom stereocenters. The molecule has 0 aliphatic rings. The second-order valence-corrected chi connectivity index (χ2v) is 5.07. The third-order valence-corrected chi connectivity index (χ3v) is 2.99. The minimum atomic E-state index is 0.142. The average Bonchev–Trinajstić information content (AvgIpc) is 2.37. The van der Waals surface area contributed by atoms with Gasteiger partial charge in [0.1, 0.15) is 12.4 Å². The minimum Gasteiger partial charge on any atom is -0.489 e. The van der Waals surface area contributed by atoms with Crippen LogP contribution >= 0.6 is 0 Å². The minimum absolute atomic E-state index is 0.142. The molecule has 0 aliphatic carbocycles. The lowest BCUT2D eigenvalue weighted by Gasteiger charge is -2.13. The van der Waals surface area contributed by atoms with E-state index in [9.17, 15) is 0 Å². The van der Waals surface area contributed by atoms with Gasteiger partial charge in [-0.1, -0.05) is 48.0 Å². The highest BCUT2D eigenvalue weighted by Crippen LogP contribution is 2.20. The molecular formula is C17H21NO. The molecule has 0 amide bonds. The molecule has 2 heteroatoms. The molecule has 0 aliphatic heterocycles. The first-order valence-corrected chi connectivity index (χ1v) is 6.67. The van der Waals surface area contributed by atoms with Gasteiger partial charge in [0, 0.05) is 6.04 Å². The molecule has 1 unspecified atom stereocenters. The van der Waals surface area contributed by atoms with E-state index in [2.05, 4.69) is 37.3 Å². The van der Waals surface area contributed by atoms with Crippen LogP contribution in [0.2, 0.25) is 0 Å². The van der Waals surface area contributed by atoms with Crippen LogP contribution in [0.4, 0.5) is 0 Å². The highest BCUT2D eigenvalue weighted by atomic mass is 16.5. The molecule has 0 radical (unpaired) electrons. The van der Waals surface area contributed by atoms with E-state index in [0.29, 0.717) is 6.61 Å². The van der Waals surface area contributed by atoms with E-state index >= 15 is 0 Å². The van der Waals surface area contributed by atoms with Gasteiger partial charge in [0.15, 0.2) is 0 Å². The van der Waals surface area contributed by atoms with Crippen LogP contribution in [0.3, 0.4) is 0 Å². The Bertz CT molecular complexity index is 534. The average molecular weight is 255 g/mol. The summed E-state index contributed by atoms with van der Waals surface area (Å²) in [5.41, 5.74) is 9.48. The predicted molar refractivity (Wildman–Crippen MR) is 79.3 cm³/mol. The van der Waals surface area contributed by atoms with Crippen LogP contribution in [0.25, 0.3) is 0 Å². The van der Waals surface area contributed by atoms with E-state index in [1.165, 1.54) is 16.7 Å². The van der Waals surface area contributed by atoms with Crippen molar-refractivity contribution in [3.8, 4) is 5.75 Å². The zero-order valence-corrected chi connectivity index (χ0v) is 11.6. The van der Waals surface area contributed by atoms with Gasteiger partial charge in [-0.3, -0.25) is 0 Å². The van der Waals surface area contributed by atoms with Crippen molar-refractivity contribution in [2.24, 2.45) is 5.73 Å². The number of hydrogen-bond acceptors (Lipinski definition) is 2. The Morgan fingerprint density at radius 3 is 2.63 bits per heavy atom. The normalized spacial score (nSPS) is 12.2. The van der Waals surface area contributed by atoms with Gasteiger partial charge in [-0.2, -0.15) is 0 Å². The standard InChI is InChI=1S/C17H21NO/c1-13-6-5-7-15(10-13)12-19-17-9-4-3-8-16(17)11-14(2)18/h3-10,14H,11-12,18H2,1-2H3. The molecule has 2 aromatic rings. The molecule has 100 valence electrons. The summed E-state index contributed by atoms with van der Waals surface area (Å²) >= 11 is 0. The number of benzene rings is 2. The van der Waals surface area contributed by atoms with Crippen LogP contribution in [0.1, 0.15) is 23.6 Å². The van der Waals surface area contributed by atoms with Gasteiger partial charge in [-0.05, 0) is 37.5 Å². The number of rotatable bonds is 5. The smallest absolute Gasteiger partial charge is 0.123 e. The maximum absolute atomic E-state index is 5.92. The number of para-hydroxylation sites is 1. The van der Waals surface area contributed by atoms with Crippen LogP contribution < -0.4 is 10.5 Å². The summed E-state index contributed by atoms with van der Waals surface area (Å²) in [6.07, 6.45) is 0.837. The highest BCUT2D eigenvalue weighted by molar-refractivity contribution is 5.34. The molecule has 2 nitrogen and oxygen atoms in total. The molecule has 0 fully saturated rings. The first-order chi connectivity index (χ1) is 9.15. The first-order valence-electron chi connectivity index (χ1n) is 6.67. The van der Waals surface area contributed by atoms with Crippen molar-refractivity contribution in [1.82, 2.24) is 0 Å². The fraction of sp³-hybridized carbons (Fsp3) is 0.294. The van der Waals surface area contributed by atoms with Gasteiger partial charge in [-0.25, -0.2) is 0 Å². The van der Waals surface area contributed by atoms with Crippen LogP contribution in [0, 0.1) is 6.92 Å². The van der Waals surface area contributed by atoms with Crippen LogP contribution in [-0.4, -0.2) is 6.04 Å². The van der Waals surface area contributed by atoms with Gasteiger partial charge >= 0.3 is 0 Å². The van der Waals surface area contributed by atoms with Crippen molar-refractivity contribution >= 4 is 0 Å². The van der Waals surface area contributed by atoms with E-state index < -0.39 is 0 Å². The maximum atomic E-state index is 5.92. The molecule has 0 bridgehead atoms. The lowest BCUT2D eigenvalue weighted by atomic mass is 10.1. The number of nitrogens with two attached hydrogens (primary N) is 1. The Balaban J connectivity index is 2.07. The monoisotopic (exact) mass is 255 g/mol. The summed E-state index contributed by atoms with van der Waals surface area (Å²) in [7, 11) is 0. The molecular weight excluding hydrogens is 234 g/mol. The van der Waals surface area contributed by atoms with Crippen LogP contribution in [0.5, 0.6) is 5.75 Å². The molecule has 0 heterocycles. The van der Waals surface area contributed by atoms with Gasteiger partial charge in [-0.15, -0.1) is 0 Å². The Morgan fingerprint density at radius 2 is 1.89 bits per heavy atom. The second-order valence-electron chi connectivity index (χ2n) is 5.07. The lowest BCUT2D eigenvalue weighted by molar-refractivity contribution is 0.302. The zero-order valence-electron chi connectivity index (χ0n) is 11.6. The summed E-state index contributed by atoms with van der Waals surface area (Å²) in [4.78, 5) is 0. The summed E-state index contributed by atoms with van der Waals surface area (Å²) < 4.78 is 5.92.